The fourth-order valence-corrected chi connectivity index (χ4v) is 1.54. The molecule has 0 aromatic heterocycles. The summed E-state index contributed by atoms with van der Waals surface area (Å²) in [7, 11) is 1.61. The van der Waals surface area contributed by atoms with Crippen molar-refractivity contribution in [2.45, 2.75) is 12.5 Å². The van der Waals surface area contributed by atoms with E-state index in [0.29, 0.717) is 6.42 Å². The maximum atomic E-state index is 11.2. The number of benzene rings is 1. The number of carbonyl (C=O) groups excluding carboxylic acids is 1. The molecular formula is C10H12N2O2. The van der Waals surface area contributed by atoms with Gasteiger partial charge in [0.1, 0.15) is 5.75 Å². The standard InChI is InChI=1S/C10H12N2O2/c1-14-7-2-3-9-6(4-7)5-8(11)10(13)12-9/h2-4,8H,5,11H2,1H3,(H,12,13)/t8-/m0/s1. The van der Waals surface area contributed by atoms with E-state index >= 15 is 0 Å². The molecule has 1 aliphatic heterocycles. The molecule has 4 nitrogen and oxygen atoms in total. The predicted octanol–water partition coefficient (Wildman–Crippen LogP) is 0.517. The van der Waals surface area contributed by atoms with Crippen LogP contribution in [0.1, 0.15) is 5.56 Å². The number of amides is 1. The van der Waals surface area contributed by atoms with Gasteiger partial charge in [-0.25, -0.2) is 0 Å². The zero-order valence-corrected chi connectivity index (χ0v) is 7.91. The molecule has 0 aliphatic carbocycles. The highest BCUT2D eigenvalue weighted by atomic mass is 16.5. The van der Waals surface area contributed by atoms with Gasteiger partial charge in [0.25, 0.3) is 0 Å². The van der Waals surface area contributed by atoms with Gasteiger partial charge in [0, 0.05) is 5.69 Å². The van der Waals surface area contributed by atoms with Crippen molar-refractivity contribution in [2.24, 2.45) is 5.73 Å². The Labute approximate surface area is 82.1 Å². The summed E-state index contributed by atoms with van der Waals surface area (Å²) in [5, 5.41) is 2.74. The molecule has 1 aliphatic rings. The van der Waals surface area contributed by atoms with Crippen molar-refractivity contribution in [3.05, 3.63) is 23.8 Å². The van der Waals surface area contributed by atoms with Crippen LogP contribution in [-0.4, -0.2) is 19.1 Å². The molecular weight excluding hydrogens is 180 g/mol. The minimum atomic E-state index is -0.449. The topological polar surface area (TPSA) is 64.3 Å². The van der Waals surface area contributed by atoms with Gasteiger partial charge in [0.15, 0.2) is 0 Å². The SMILES string of the molecule is COc1ccc2c(c1)C[C@H](N)C(=O)N2. The van der Waals surface area contributed by atoms with Crippen molar-refractivity contribution in [3.8, 4) is 5.75 Å². The monoisotopic (exact) mass is 192 g/mol. The Bertz CT molecular complexity index is 376. The smallest absolute Gasteiger partial charge is 0.241 e. The van der Waals surface area contributed by atoms with Crippen LogP contribution in [0.2, 0.25) is 0 Å². The lowest BCUT2D eigenvalue weighted by Crippen LogP contribution is -2.40. The van der Waals surface area contributed by atoms with Crippen LogP contribution in [0, 0.1) is 0 Å². The van der Waals surface area contributed by atoms with E-state index in [9.17, 15) is 4.79 Å². The minimum absolute atomic E-state index is 0.123. The second-order valence-electron chi connectivity index (χ2n) is 3.32. The van der Waals surface area contributed by atoms with E-state index in [1.807, 2.05) is 18.2 Å². The number of methoxy groups -OCH3 is 1. The van der Waals surface area contributed by atoms with Crippen molar-refractivity contribution in [3.63, 3.8) is 0 Å². The number of anilines is 1. The van der Waals surface area contributed by atoms with Crippen LogP contribution < -0.4 is 15.8 Å². The molecule has 1 heterocycles. The highest BCUT2D eigenvalue weighted by Crippen LogP contribution is 2.26. The summed E-state index contributed by atoms with van der Waals surface area (Å²) >= 11 is 0. The molecule has 0 saturated carbocycles. The van der Waals surface area contributed by atoms with Crippen LogP contribution in [0.25, 0.3) is 0 Å². The van der Waals surface area contributed by atoms with Gasteiger partial charge >= 0.3 is 0 Å². The van der Waals surface area contributed by atoms with Crippen molar-refractivity contribution >= 4 is 11.6 Å². The maximum Gasteiger partial charge on any atom is 0.241 e. The first kappa shape index (κ1) is 9.02. The van der Waals surface area contributed by atoms with Gasteiger partial charge in [-0.1, -0.05) is 0 Å². The number of carbonyl (C=O) groups is 1. The molecule has 0 bridgehead atoms. The molecule has 14 heavy (non-hydrogen) atoms. The van der Waals surface area contributed by atoms with E-state index < -0.39 is 6.04 Å². The third-order valence-electron chi connectivity index (χ3n) is 2.35. The molecule has 3 N–H and O–H groups in total. The molecule has 0 saturated heterocycles. The number of rotatable bonds is 1. The van der Waals surface area contributed by atoms with E-state index in [1.54, 1.807) is 7.11 Å². The average molecular weight is 192 g/mol. The maximum absolute atomic E-state index is 11.2. The highest BCUT2D eigenvalue weighted by molar-refractivity contribution is 5.97. The van der Waals surface area contributed by atoms with Gasteiger partial charge in [-0.05, 0) is 30.2 Å². The van der Waals surface area contributed by atoms with Crippen molar-refractivity contribution < 1.29 is 9.53 Å². The number of hydrogen-bond acceptors (Lipinski definition) is 3. The molecule has 0 fully saturated rings. The summed E-state index contributed by atoms with van der Waals surface area (Å²) in [5.74, 6) is 0.662. The lowest BCUT2D eigenvalue weighted by atomic mass is 9.99. The molecule has 1 atom stereocenters. The van der Waals surface area contributed by atoms with Crippen LogP contribution in [0.5, 0.6) is 5.75 Å². The van der Waals surface area contributed by atoms with Gasteiger partial charge in [-0.2, -0.15) is 0 Å². The quantitative estimate of drug-likeness (QED) is 0.681. The fraction of sp³-hybridized carbons (Fsp3) is 0.300. The molecule has 2 rings (SSSR count). The Balaban J connectivity index is 2.37. The van der Waals surface area contributed by atoms with E-state index in [-0.39, 0.29) is 5.91 Å². The predicted molar refractivity (Wildman–Crippen MR) is 53.3 cm³/mol. The van der Waals surface area contributed by atoms with E-state index in [0.717, 1.165) is 17.0 Å². The summed E-state index contributed by atoms with van der Waals surface area (Å²) in [6.07, 6.45) is 0.568. The molecule has 0 radical (unpaired) electrons. The number of hydrogen-bond donors (Lipinski definition) is 2. The minimum Gasteiger partial charge on any atom is -0.497 e. The molecule has 1 amide bonds. The number of nitrogens with two attached hydrogens (primary N) is 1. The highest BCUT2D eigenvalue weighted by Gasteiger charge is 2.22. The largest absolute Gasteiger partial charge is 0.497 e. The first-order valence-corrected chi connectivity index (χ1v) is 4.44. The van der Waals surface area contributed by atoms with Crippen molar-refractivity contribution in [2.75, 3.05) is 12.4 Å². The summed E-state index contributed by atoms with van der Waals surface area (Å²) in [6, 6.07) is 5.09. The summed E-state index contributed by atoms with van der Waals surface area (Å²) in [4.78, 5) is 11.2. The Morgan fingerprint density at radius 1 is 1.57 bits per heavy atom. The van der Waals surface area contributed by atoms with Crippen LogP contribution in [-0.2, 0) is 11.2 Å². The second kappa shape index (κ2) is 3.31. The number of fused-ring (bicyclic) bond motifs is 1. The Kier molecular flexibility index (Phi) is 2.13. The third kappa shape index (κ3) is 1.44. The van der Waals surface area contributed by atoms with Crippen LogP contribution >= 0.6 is 0 Å². The normalized spacial score (nSPS) is 19.9. The van der Waals surface area contributed by atoms with Crippen molar-refractivity contribution in [1.29, 1.82) is 0 Å². The molecule has 4 heteroatoms. The van der Waals surface area contributed by atoms with Crippen LogP contribution in [0.3, 0.4) is 0 Å². The van der Waals surface area contributed by atoms with Gasteiger partial charge in [-0.15, -0.1) is 0 Å². The van der Waals surface area contributed by atoms with Gasteiger partial charge < -0.3 is 15.8 Å². The van der Waals surface area contributed by atoms with Gasteiger partial charge in [0.05, 0.1) is 13.2 Å². The van der Waals surface area contributed by atoms with Gasteiger partial charge in [-0.3, -0.25) is 4.79 Å². The summed E-state index contributed by atoms with van der Waals surface area (Å²) in [6.45, 7) is 0. The summed E-state index contributed by atoms with van der Waals surface area (Å²) < 4.78 is 5.09. The average Bonchev–Trinajstić information content (AvgIpc) is 2.19. The Hall–Kier alpha value is -1.55. The Morgan fingerprint density at radius 3 is 3.07 bits per heavy atom. The third-order valence-corrected chi connectivity index (χ3v) is 2.35. The first-order valence-electron chi connectivity index (χ1n) is 4.44. The van der Waals surface area contributed by atoms with E-state index in [2.05, 4.69) is 5.32 Å². The molecule has 1 aromatic rings. The van der Waals surface area contributed by atoms with Crippen LogP contribution in [0.4, 0.5) is 5.69 Å². The lowest BCUT2D eigenvalue weighted by molar-refractivity contribution is -0.117. The van der Waals surface area contributed by atoms with Crippen LogP contribution in [0.15, 0.2) is 18.2 Å². The van der Waals surface area contributed by atoms with Crippen molar-refractivity contribution in [1.82, 2.24) is 0 Å². The zero-order valence-electron chi connectivity index (χ0n) is 7.91. The second-order valence-corrected chi connectivity index (χ2v) is 3.32. The fourth-order valence-electron chi connectivity index (χ4n) is 1.54. The lowest BCUT2D eigenvalue weighted by Gasteiger charge is -2.21. The molecule has 0 unspecified atom stereocenters. The van der Waals surface area contributed by atoms with E-state index in [1.165, 1.54) is 0 Å². The number of ether oxygens (including phenoxy) is 1. The molecule has 1 aromatic carbocycles. The molecule has 0 spiro atoms. The summed E-state index contributed by atoms with van der Waals surface area (Å²) in [5.41, 5.74) is 7.49. The first-order chi connectivity index (χ1) is 6.70. The number of nitrogens with one attached hydrogen (secondary N) is 1. The zero-order chi connectivity index (χ0) is 10.1. The van der Waals surface area contributed by atoms with E-state index in [4.69, 9.17) is 10.5 Å². The Morgan fingerprint density at radius 2 is 2.36 bits per heavy atom. The molecule has 74 valence electrons. The van der Waals surface area contributed by atoms with Gasteiger partial charge in [0.2, 0.25) is 5.91 Å².